The van der Waals surface area contributed by atoms with E-state index in [2.05, 4.69) is 55.5 Å². The first kappa shape index (κ1) is 13.4. The van der Waals surface area contributed by atoms with Crippen LogP contribution in [0.4, 0.5) is 0 Å². The molecule has 1 saturated carbocycles. The summed E-state index contributed by atoms with van der Waals surface area (Å²) in [6.07, 6.45) is 2.90. The van der Waals surface area contributed by atoms with Crippen molar-refractivity contribution in [2.45, 2.75) is 31.9 Å². The number of likely N-dealkylation sites (N-methyl/N-ethyl adjacent to an activating group) is 2. The van der Waals surface area contributed by atoms with Crippen molar-refractivity contribution in [3.8, 4) is 5.75 Å². The molecule has 0 spiro atoms. The maximum absolute atomic E-state index is 5.77. The summed E-state index contributed by atoms with van der Waals surface area (Å²) in [5.41, 5.74) is 1.33. The van der Waals surface area contributed by atoms with Crippen LogP contribution >= 0.6 is 0 Å². The highest BCUT2D eigenvalue weighted by Gasteiger charge is 2.23. The van der Waals surface area contributed by atoms with E-state index in [4.69, 9.17) is 4.74 Å². The molecule has 0 saturated heterocycles. The maximum Gasteiger partial charge on any atom is 0.119 e. The van der Waals surface area contributed by atoms with Gasteiger partial charge in [-0.05, 0) is 51.2 Å². The van der Waals surface area contributed by atoms with Crippen molar-refractivity contribution in [1.29, 1.82) is 0 Å². The van der Waals surface area contributed by atoms with Crippen LogP contribution in [0.3, 0.4) is 0 Å². The first-order valence-electron chi connectivity index (χ1n) is 6.83. The van der Waals surface area contributed by atoms with E-state index >= 15 is 0 Å². The lowest BCUT2D eigenvalue weighted by atomic mass is 10.1. The molecule has 0 heterocycles. The molecule has 1 unspecified atom stereocenters. The van der Waals surface area contributed by atoms with E-state index in [0.29, 0.717) is 12.1 Å². The van der Waals surface area contributed by atoms with Crippen molar-refractivity contribution in [1.82, 2.24) is 10.2 Å². The van der Waals surface area contributed by atoms with Crippen molar-refractivity contribution < 1.29 is 4.74 Å². The summed E-state index contributed by atoms with van der Waals surface area (Å²) in [5.74, 6) is 1.00. The zero-order chi connectivity index (χ0) is 13.0. The Morgan fingerprint density at radius 1 is 1.28 bits per heavy atom. The standard InChI is InChI=1S/C15H24N2O/c1-4-16-15(11-17(2)3)12-5-7-13(8-6-12)18-14-9-10-14/h5-8,14-16H,4,9-11H2,1-3H3. The van der Waals surface area contributed by atoms with Crippen molar-refractivity contribution in [3.63, 3.8) is 0 Å². The second kappa shape index (κ2) is 6.21. The van der Waals surface area contributed by atoms with Gasteiger partial charge in [0.2, 0.25) is 0 Å². The molecule has 3 heteroatoms. The minimum Gasteiger partial charge on any atom is -0.490 e. The fourth-order valence-electron chi connectivity index (χ4n) is 2.06. The molecule has 1 aromatic rings. The average molecular weight is 248 g/mol. The first-order chi connectivity index (χ1) is 8.69. The van der Waals surface area contributed by atoms with Gasteiger partial charge in [-0.1, -0.05) is 19.1 Å². The first-order valence-corrected chi connectivity index (χ1v) is 6.83. The van der Waals surface area contributed by atoms with Gasteiger partial charge in [0.1, 0.15) is 5.75 Å². The van der Waals surface area contributed by atoms with Crippen molar-refractivity contribution >= 4 is 0 Å². The van der Waals surface area contributed by atoms with Crippen LogP contribution in [0.1, 0.15) is 31.4 Å². The average Bonchev–Trinajstić information content (AvgIpc) is 3.13. The molecule has 1 aliphatic carbocycles. The molecular weight excluding hydrogens is 224 g/mol. The molecule has 0 radical (unpaired) electrons. The summed E-state index contributed by atoms with van der Waals surface area (Å²) in [6.45, 7) is 4.14. The summed E-state index contributed by atoms with van der Waals surface area (Å²) < 4.78 is 5.77. The quantitative estimate of drug-likeness (QED) is 0.802. The molecule has 100 valence electrons. The molecule has 0 amide bonds. The van der Waals surface area contributed by atoms with Gasteiger partial charge in [0, 0.05) is 12.6 Å². The van der Waals surface area contributed by atoms with E-state index < -0.39 is 0 Å². The lowest BCUT2D eigenvalue weighted by Gasteiger charge is -2.22. The van der Waals surface area contributed by atoms with Crippen LogP contribution in [0.25, 0.3) is 0 Å². The highest BCUT2D eigenvalue weighted by atomic mass is 16.5. The molecule has 0 aromatic heterocycles. The Morgan fingerprint density at radius 2 is 1.94 bits per heavy atom. The molecule has 1 aromatic carbocycles. The number of nitrogens with zero attached hydrogens (tertiary/aromatic N) is 1. The molecule has 18 heavy (non-hydrogen) atoms. The van der Waals surface area contributed by atoms with Crippen molar-refractivity contribution in [3.05, 3.63) is 29.8 Å². The minimum absolute atomic E-state index is 0.389. The SMILES string of the molecule is CCNC(CN(C)C)c1ccc(OC2CC2)cc1. The van der Waals surface area contributed by atoms with E-state index in [-0.39, 0.29) is 0 Å². The van der Waals surface area contributed by atoms with E-state index in [1.807, 2.05) is 0 Å². The molecule has 0 aliphatic heterocycles. The fourth-order valence-corrected chi connectivity index (χ4v) is 2.06. The van der Waals surface area contributed by atoms with E-state index in [1.165, 1.54) is 18.4 Å². The van der Waals surface area contributed by atoms with Gasteiger partial charge >= 0.3 is 0 Å². The number of benzene rings is 1. The molecule has 3 nitrogen and oxygen atoms in total. The second-order valence-electron chi connectivity index (χ2n) is 5.26. The van der Waals surface area contributed by atoms with Gasteiger partial charge in [-0.2, -0.15) is 0 Å². The Balaban J connectivity index is 1.99. The van der Waals surface area contributed by atoms with Crippen LogP contribution in [-0.4, -0.2) is 38.2 Å². The number of hydrogen-bond acceptors (Lipinski definition) is 3. The summed E-state index contributed by atoms with van der Waals surface area (Å²) in [4.78, 5) is 2.21. The maximum atomic E-state index is 5.77. The van der Waals surface area contributed by atoms with Gasteiger partial charge in [0.15, 0.2) is 0 Å². The molecule has 1 fully saturated rings. The third-order valence-corrected chi connectivity index (χ3v) is 3.11. The van der Waals surface area contributed by atoms with E-state index in [9.17, 15) is 0 Å². The number of hydrogen-bond donors (Lipinski definition) is 1. The molecular formula is C15H24N2O. The number of ether oxygens (including phenoxy) is 1. The van der Waals surface area contributed by atoms with Gasteiger partial charge in [-0.15, -0.1) is 0 Å². The Labute approximate surface area is 110 Å². The lowest BCUT2D eigenvalue weighted by Crippen LogP contribution is -2.31. The van der Waals surface area contributed by atoms with Crippen LogP contribution in [-0.2, 0) is 0 Å². The minimum atomic E-state index is 0.389. The van der Waals surface area contributed by atoms with Crippen LogP contribution in [0.15, 0.2) is 24.3 Å². The summed E-state index contributed by atoms with van der Waals surface area (Å²) in [6, 6.07) is 8.92. The smallest absolute Gasteiger partial charge is 0.119 e. The Morgan fingerprint density at radius 3 is 2.44 bits per heavy atom. The topological polar surface area (TPSA) is 24.5 Å². The van der Waals surface area contributed by atoms with E-state index in [1.54, 1.807) is 0 Å². The number of nitrogens with one attached hydrogen (secondary N) is 1. The zero-order valence-electron chi connectivity index (χ0n) is 11.6. The third-order valence-electron chi connectivity index (χ3n) is 3.11. The highest BCUT2D eigenvalue weighted by molar-refractivity contribution is 5.30. The van der Waals surface area contributed by atoms with Crippen molar-refractivity contribution in [2.24, 2.45) is 0 Å². The molecule has 0 bridgehead atoms. The summed E-state index contributed by atoms with van der Waals surface area (Å²) in [7, 11) is 4.21. The van der Waals surface area contributed by atoms with Gasteiger partial charge < -0.3 is 15.0 Å². The molecule has 1 aliphatic rings. The molecule has 2 rings (SSSR count). The van der Waals surface area contributed by atoms with Gasteiger partial charge in [0.05, 0.1) is 6.10 Å². The van der Waals surface area contributed by atoms with Gasteiger partial charge in [-0.3, -0.25) is 0 Å². The summed E-state index contributed by atoms with van der Waals surface area (Å²) >= 11 is 0. The normalized spacial score (nSPS) is 16.9. The Kier molecular flexibility index (Phi) is 4.61. The fraction of sp³-hybridized carbons (Fsp3) is 0.600. The van der Waals surface area contributed by atoms with E-state index in [0.717, 1.165) is 18.8 Å². The van der Waals surface area contributed by atoms with Gasteiger partial charge in [-0.25, -0.2) is 0 Å². The van der Waals surface area contributed by atoms with Crippen LogP contribution in [0.2, 0.25) is 0 Å². The van der Waals surface area contributed by atoms with Gasteiger partial charge in [0.25, 0.3) is 0 Å². The molecule has 1 N–H and O–H groups in total. The zero-order valence-corrected chi connectivity index (χ0v) is 11.6. The predicted octanol–water partition coefficient (Wildman–Crippen LogP) is 2.44. The Hall–Kier alpha value is -1.06. The summed E-state index contributed by atoms with van der Waals surface area (Å²) in [5, 5.41) is 3.52. The van der Waals surface area contributed by atoms with Crippen molar-refractivity contribution in [2.75, 3.05) is 27.2 Å². The molecule has 1 atom stereocenters. The van der Waals surface area contributed by atoms with Crippen LogP contribution < -0.4 is 10.1 Å². The third kappa shape index (κ3) is 4.00. The van der Waals surface area contributed by atoms with Crippen LogP contribution in [0.5, 0.6) is 5.75 Å². The predicted molar refractivity (Wildman–Crippen MR) is 75.1 cm³/mol. The monoisotopic (exact) mass is 248 g/mol. The Bertz CT molecular complexity index is 357. The second-order valence-corrected chi connectivity index (χ2v) is 5.26. The largest absolute Gasteiger partial charge is 0.490 e. The highest BCUT2D eigenvalue weighted by Crippen LogP contribution is 2.27. The van der Waals surface area contributed by atoms with Crippen LogP contribution in [0, 0.1) is 0 Å². The number of rotatable bonds is 7. The lowest BCUT2D eigenvalue weighted by molar-refractivity contribution is 0.302.